The van der Waals surface area contributed by atoms with Gasteiger partial charge in [-0.3, -0.25) is 10.2 Å². The molecule has 0 saturated carbocycles. The van der Waals surface area contributed by atoms with Gasteiger partial charge in [0.15, 0.2) is 0 Å². The van der Waals surface area contributed by atoms with Gasteiger partial charge in [-0.25, -0.2) is 4.39 Å². The molecular formula is C14H12FN5O. The number of hydrogen-bond acceptors (Lipinski definition) is 4. The Bertz CT molecular complexity index is 819. The molecular weight excluding hydrogens is 273 g/mol. The van der Waals surface area contributed by atoms with Gasteiger partial charge in [0.1, 0.15) is 11.3 Å². The van der Waals surface area contributed by atoms with Crippen LogP contribution < -0.4 is 17.0 Å². The first-order valence-electron chi connectivity index (χ1n) is 5.95. The molecule has 0 aliphatic carbocycles. The molecule has 21 heavy (non-hydrogen) atoms. The summed E-state index contributed by atoms with van der Waals surface area (Å²) < 4.78 is 14.6. The molecule has 5 N–H and O–H groups in total. The van der Waals surface area contributed by atoms with Crippen molar-refractivity contribution in [3.05, 3.63) is 58.5 Å². The number of carbonyl (C=O) groups excluding carboxylic acids is 1. The number of nitriles is 1. The van der Waals surface area contributed by atoms with E-state index in [2.05, 4.69) is 0 Å². The lowest BCUT2D eigenvalue weighted by Gasteiger charge is -2.11. The Hall–Kier alpha value is -3.14. The number of primary amides is 1. The average Bonchev–Trinajstić information content (AvgIpc) is 2.42. The highest BCUT2D eigenvalue weighted by atomic mass is 19.1. The van der Waals surface area contributed by atoms with E-state index >= 15 is 0 Å². The fraction of sp³-hybridized carbons (Fsp3) is 0.0714. The lowest BCUT2D eigenvalue weighted by molar-refractivity contribution is 0.0998. The molecule has 0 aliphatic heterocycles. The number of nitrogens with one attached hydrogen (secondary N) is 1. The molecule has 0 spiro atoms. The van der Waals surface area contributed by atoms with Crippen molar-refractivity contribution in [1.29, 1.82) is 10.7 Å². The summed E-state index contributed by atoms with van der Waals surface area (Å²) in [4.78, 5) is 11.3. The monoisotopic (exact) mass is 285 g/mol. The molecule has 0 aliphatic rings. The highest BCUT2D eigenvalue weighted by Crippen LogP contribution is 2.12. The molecule has 1 aromatic heterocycles. The van der Waals surface area contributed by atoms with Gasteiger partial charge in [0.25, 0.3) is 5.91 Å². The molecule has 1 aromatic carbocycles. The Kier molecular flexibility index (Phi) is 3.71. The zero-order valence-electron chi connectivity index (χ0n) is 10.9. The van der Waals surface area contributed by atoms with E-state index in [1.165, 1.54) is 35.0 Å². The smallest absolute Gasteiger partial charge is 0.252 e. The van der Waals surface area contributed by atoms with Crippen LogP contribution in [0.4, 0.5) is 10.1 Å². The zero-order chi connectivity index (χ0) is 15.6. The maximum absolute atomic E-state index is 13.3. The van der Waals surface area contributed by atoms with Crippen LogP contribution in [0.15, 0.2) is 30.5 Å². The molecule has 0 radical (unpaired) electrons. The van der Waals surface area contributed by atoms with Gasteiger partial charge < -0.3 is 16.0 Å². The molecule has 0 saturated heterocycles. The highest BCUT2D eigenvalue weighted by Gasteiger charge is 2.10. The second-order valence-electron chi connectivity index (χ2n) is 4.44. The maximum Gasteiger partial charge on any atom is 0.252 e. The van der Waals surface area contributed by atoms with E-state index in [0.717, 1.165) is 0 Å². The third kappa shape index (κ3) is 2.90. The number of aromatic nitrogens is 1. The Morgan fingerprint density at radius 3 is 2.76 bits per heavy atom. The molecule has 106 valence electrons. The van der Waals surface area contributed by atoms with Crippen LogP contribution in [0.1, 0.15) is 21.5 Å². The highest BCUT2D eigenvalue weighted by molar-refractivity contribution is 5.93. The van der Waals surface area contributed by atoms with E-state index in [1.54, 1.807) is 0 Å². The molecule has 0 unspecified atom stereocenters. The predicted octanol–water partition coefficient (Wildman–Crippen LogP) is 0.708. The minimum absolute atomic E-state index is 0.0325. The molecule has 7 heteroatoms. The lowest BCUT2D eigenvalue weighted by Crippen LogP contribution is -2.30. The van der Waals surface area contributed by atoms with Gasteiger partial charge >= 0.3 is 0 Å². The van der Waals surface area contributed by atoms with E-state index in [0.29, 0.717) is 5.56 Å². The third-order valence-electron chi connectivity index (χ3n) is 2.95. The van der Waals surface area contributed by atoms with Crippen LogP contribution in [0.25, 0.3) is 0 Å². The summed E-state index contributed by atoms with van der Waals surface area (Å²) >= 11 is 0. The standard InChI is InChI=1S/C14H12FN5O/c15-10-2-1-8(5-16)9(3-10)6-20-7-11(17)4-12(13(20)18)14(19)21/h1-4,7,18H,6,17H2,(H2,19,21). The van der Waals surface area contributed by atoms with E-state index in [4.69, 9.17) is 22.1 Å². The van der Waals surface area contributed by atoms with Crippen LogP contribution in [0.3, 0.4) is 0 Å². The lowest BCUT2D eigenvalue weighted by atomic mass is 10.1. The third-order valence-corrected chi connectivity index (χ3v) is 2.95. The van der Waals surface area contributed by atoms with Crippen molar-refractivity contribution < 1.29 is 9.18 Å². The first-order chi connectivity index (χ1) is 9.92. The van der Waals surface area contributed by atoms with Gasteiger partial charge in [0.2, 0.25) is 0 Å². The van der Waals surface area contributed by atoms with E-state index < -0.39 is 11.7 Å². The van der Waals surface area contributed by atoms with Gasteiger partial charge in [-0.05, 0) is 29.8 Å². The van der Waals surface area contributed by atoms with Crippen molar-refractivity contribution in [2.75, 3.05) is 5.73 Å². The second-order valence-corrected chi connectivity index (χ2v) is 4.44. The number of hydrogen-bond donors (Lipinski definition) is 3. The molecule has 6 nitrogen and oxygen atoms in total. The molecule has 0 atom stereocenters. The largest absolute Gasteiger partial charge is 0.398 e. The van der Waals surface area contributed by atoms with E-state index in [1.807, 2.05) is 6.07 Å². The number of halogens is 1. The Balaban J connectivity index is 2.55. The second kappa shape index (κ2) is 5.46. The fourth-order valence-electron chi connectivity index (χ4n) is 1.97. The predicted molar refractivity (Wildman–Crippen MR) is 73.4 cm³/mol. The minimum Gasteiger partial charge on any atom is -0.398 e. The summed E-state index contributed by atoms with van der Waals surface area (Å²) in [5.41, 5.74) is 11.6. The van der Waals surface area contributed by atoms with Crippen molar-refractivity contribution in [2.24, 2.45) is 5.73 Å². The number of rotatable bonds is 3. The topological polar surface area (TPSA) is 122 Å². The number of amides is 1. The summed E-state index contributed by atoms with van der Waals surface area (Å²) in [7, 11) is 0. The van der Waals surface area contributed by atoms with Gasteiger partial charge in [-0.15, -0.1) is 0 Å². The summed E-state index contributed by atoms with van der Waals surface area (Å²) in [6.07, 6.45) is 1.43. The van der Waals surface area contributed by atoms with Crippen LogP contribution in [0, 0.1) is 22.6 Å². The first kappa shape index (κ1) is 14.3. The van der Waals surface area contributed by atoms with Crippen LogP contribution in [-0.4, -0.2) is 10.5 Å². The Morgan fingerprint density at radius 2 is 2.14 bits per heavy atom. The van der Waals surface area contributed by atoms with Crippen molar-refractivity contribution in [2.45, 2.75) is 6.54 Å². The summed E-state index contributed by atoms with van der Waals surface area (Å²) in [5, 5.41) is 17.0. The number of anilines is 1. The summed E-state index contributed by atoms with van der Waals surface area (Å²) in [6.45, 7) is 0.0325. The number of carbonyl (C=O) groups is 1. The summed E-state index contributed by atoms with van der Waals surface area (Å²) in [5.74, 6) is -1.27. The Morgan fingerprint density at radius 1 is 1.43 bits per heavy atom. The number of nitrogens with zero attached hydrogens (tertiary/aromatic N) is 2. The molecule has 1 heterocycles. The SMILES string of the molecule is N#Cc1ccc(F)cc1Cn1cc(N)cc(C(N)=O)c1=N. The van der Waals surface area contributed by atoms with Gasteiger partial charge in [-0.1, -0.05) is 0 Å². The van der Waals surface area contributed by atoms with Crippen molar-refractivity contribution in [3.63, 3.8) is 0 Å². The molecule has 2 aromatic rings. The van der Waals surface area contributed by atoms with Crippen LogP contribution >= 0.6 is 0 Å². The normalized spacial score (nSPS) is 10.1. The first-order valence-corrected chi connectivity index (χ1v) is 5.95. The Labute approximate surface area is 119 Å². The van der Waals surface area contributed by atoms with Crippen LogP contribution in [0.5, 0.6) is 0 Å². The number of pyridine rings is 1. The van der Waals surface area contributed by atoms with Gasteiger partial charge in [0.05, 0.1) is 23.7 Å². The van der Waals surface area contributed by atoms with Crippen molar-refractivity contribution in [3.8, 4) is 6.07 Å². The van der Waals surface area contributed by atoms with Crippen LogP contribution in [0.2, 0.25) is 0 Å². The number of nitrogen functional groups attached to an aromatic ring is 1. The molecule has 2 rings (SSSR count). The van der Waals surface area contributed by atoms with E-state index in [9.17, 15) is 9.18 Å². The maximum atomic E-state index is 13.3. The average molecular weight is 285 g/mol. The number of benzene rings is 1. The molecule has 0 fully saturated rings. The van der Waals surface area contributed by atoms with Gasteiger partial charge in [0, 0.05) is 11.9 Å². The van der Waals surface area contributed by atoms with Crippen molar-refractivity contribution >= 4 is 11.6 Å². The minimum atomic E-state index is -0.777. The quantitative estimate of drug-likeness (QED) is 0.769. The summed E-state index contributed by atoms with van der Waals surface area (Å²) in [6, 6.07) is 7.00. The molecule has 0 bridgehead atoms. The van der Waals surface area contributed by atoms with Gasteiger partial charge in [-0.2, -0.15) is 5.26 Å². The van der Waals surface area contributed by atoms with Crippen LogP contribution in [-0.2, 0) is 6.54 Å². The number of nitrogens with two attached hydrogens (primary N) is 2. The van der Waals surface area contributed by atoms with Crippen molar-refractivity contribution in [1.82, 2.24) is 4.57 Å². The molecule has 1 amide bonds. The van der Waals surface area contributed by atoms with E-state index in [-0.39, 0.29) is 28.8 Å². The fourth-order valence-corrected chi connectivity index (χ4v) is 1.97. The zero-order valence-corrected chi connectivity index (χ0v) is 10.9.